The molecule has 6 heteroatoms. The number of ether oxygens (including phenoxy) is 1. The first-order chi connectivity index (χ1) is 13.6. The van der Waals surface area contributed by atoms with Crippen LogP contribution in [0.4, 0.5) is 0 Å². The minimum Gasteiger partial charge on any atom is -0.478 e. The van der Waals surface area contributed by atoms with E-state index in [0.29, 0.717) is 36.7 Å². The highest BCUT2D eigenvalue weighted by Gasteiger charge is 2.32. The molecule has 0 radical (unpaired) electrons. The van der Waals surface area contributed by atoms with Gasteiger partial charge in [0, 0.05) is 43.1 Å². The van der Waals surface area contributed by atoms with Crippen molar-refractivity contribution in [1.29, 1.82) is 0 Å². The fourth-order valence-corrected chi connectivity index (χ4v) is 4.21. The summed E-state index contributed by atoms with van der Waals surface area (Å²) in [7, 11) is 0. The second-order valence-electron chi connectivity index (χ2n) is 7.70. The van der Waals surface area contributed by atoms with Crippen LogP contribution in [0.2, 0.25) is 0 Å². The Morgan fingerprint density at radius 1 is 1.11 bits per heavy atom. The second-order valence-corrected chi connectivity index (χ2v) is 7.70. The summed E-state index contributed by atoms with van der Waals surface area (Å²) in [6.45, 7) is 4.02. The number of benzene rings is 1. The number of aryl methyl sites for hydroxylation is 1. The highest BCUT2D eigenvalue weighted by Crippen LogP contribution is 2.28. The summed E-state index contributed by atoms with van der Waals surface area (Å²) in [5, 5.41) is 4.54. The van der Waals surface area contributed by atoms with Crippen molar-refractivity contribution in [3.8, 4) is 5.88 Å². The first-order valence-corrected chi connectivity index (χ1v) is 10.2. The van der Waals surface area contributed by atoms with Crippen molar-refractivity contribution in [1.82, 2.24) is 14.7 Å². The molecule has 1 saturated heterocycles. The van der Waals surface area contributed by atoms with Crippen LogP contribution >= 0.6 is 0 Å². The molecule has 1 amide bonds. The number of aromatic nitrogens is 2. The molecule has 0 bridgehead atoms. The lowest BCUT2D eigenvalue weighted by molar-refractivity contribution is 0.0652. The summed E-state index contributed by atoms with van der Waals surface area (Å²) in [5.74, 6) is 0.728. The zero-order valence-corrected chi connectivity index (χ0v) is 16.4. The molecule has 148 valence electrons. The van der Waals surface area contributed by atoms with Gasteiger partial charge in [0.15, 0.2) is 11.5 Å². The predicted molar refractivity (Wildman–Crippen MR) is 106 cm³/mol. The average Bonchev–Trinajstić information content (AvgIpc) is 2.90. The maximum Gasteiger partial charge on any atom is 0.275 e. The molecule has 1 aromatic heterocycles. The molecule has 1 fully saturated rings. The second kappa shape index (κ2) is 8.17. The molecule has 4 rings (SSSR count). The van der Waals surface area contributed by atoms with Crippen molar-refractivity contribution in [2.75, 3.05) is 13.2 Å². The van der Waals surface area contributed by atoms with Crippen LogP contribution in [0.15, 0.2) is 30.3 Å². The van der Waals surface area contributed by atoms with E-state index < -0.39 is 0 Å². The van der Waals surface area contributed by atoms with E-state index in [1.807, 2.05) is 42.2 Å². The molecule has 1 atom stereocenters. The maximum atomic E-state index is 13.4. The van der Waals surface area contributed by atoms with Gasteiger partial charge in [-0.25, -0.2) is 4.68 Å². The summed E-state index contributed by atoms with van der Waals surface area (Å²) in [6.07, 6.45) is 5.21. The average molecular weight is 381 g/mol. The van der Waals surface area contributed by atoms with E-state index in [9.17, 15) is 9.59 Å². The third kappa shape index (κ3) is 3.68. The van der Waals surface area contributed by atoms with Gasteiger partial charge in [-0.15, -0.1) is 0 Å². The molecule has 0 spiro atoms. The fourth-order valence-electron chi connectivity index (χ4n) is 4.21. The maximum absolute atomic E-state index is 13.4. The largest absolute Gasteiger partial charge is 0.478 e. The number of hydrogen-bond acceptors (Lipinski definition) is 4. The van der Waals surface area contributed by atoms with E-state index in [-0.39, 0.29) is 17.7 Å². The number of amides is 1. The monoisotopic (exact) mass is 381 g/mol. The number of ketones is 1. The minimum absolute atomic E-state index is 0.0734. The van der Waals surface area contributed by atoms with Crippen LogP contribution < -0.4 is 4.74 Å². The highest BCUT2D eigenvalue weighted by molar-refractivity contribution is 5.98. The van der Waals surface area contributed by atoms with Gasteiger partial charge in [0.1, 0.15) is 0 Å². The number of nitrogens with zero attached hydrogens (tertiary/aromatic N) is 3. The first kappa shape index (κ1) is 18.7. The number of rotatable bonds is 4. The Kier molecular flexibility index (Phi) is 5.46. The number of hydrogen-bond donors (Lipinski definition) is 0. The highest BCUT2D eigenvalue weighted by atomic mass is 16.5. The van der Waals surface area contributed by atoms with Crippen LogP contribution in [0.3, 0.4) is 0 Å². The molecule has 2 aromatic rings. The van der Waals surface area contributed by atoms with E-state index in [2.05, 4.69) is 5.10 Å². The summed E-state index contributed by atoms with van der Waals surface area (Å²) in [6, 6.07) is 9.27. The normalized spacial score (nSPS) is 19.5. The molecule has 28 heavy (non-hydrogen) atoms. The third-order valence-electron chi connectivity index (χ3n) is 5.74. The number of likely N-dealkylation sites (tertiary alicyclic amines) is 1. The Labute approximate surface area is 165 Å². The van der Waals surface area contributed by atoms with E-state index in [1.165, 1.54) is 0 Å². The van der Waals surface area contributed by atoms with Crippen LogP contribution in [0.5, 0.6) is 5.88 Å². The zero-order chi connectivity index (χ0) is 19.5. The molecule has 0 saturated carbocycles. The van der Waals surface area contributed by atoms with Crippen LogP contribution in [-0.2, 0) is 6.54 Å². The Hall–Kier alpha value is -2.63. The lowest BCUT2D eigenvalue weighted by atomic mass is 9.99. The number of carbonyl (C=O) groups is 2. The number of Topliss-reactive ketones (excluding diaryl/α,β-unsaturated/α-hetero) is 1. The summed E-state index contributed by atoms with van der Waals surface area (Å²) < 4.78 is 7.52. The Morgan fingerprint density at radius 2 is 1.93 bits per heavy atom. The minimum atomic E-state index is -0.0817. The van der Waals surface area contributed by atoms with Crippen molar-refractivity contribution in [2.45, 2.75) is 58.0 Å². The van der Waals surface area contributed by atoms with Crippen molar-refractivity contribution in [2.24, 2.45) is 0 Å². The lowest BCUT2D eigenvalue weighted by Gasteiger charge is -2.29. The van der Waals surface area contributed by atoms with Gasteiger partial charge in [-0.1, -0.05) is 43.2 Å². The predicted octanol–water partition coefficient (Wildman–Crippen LogP) is 3.63. The SMILES string of the molecule is Cc1c(C(=O)N2CCCCC[C@@H]2CC(=O)c2ccccc2)nn2c1OCCC2. The van der Waals surface area contributed by atoms with Crippen molar-refractivity contribution < 1.29 is 14.3 Å². The van der Waals surface area contributed by atoms with Crippen LogP contribution in [0.25, 0.3) is 0 Å². The Bertz CT molecular complexity index is 859. The first-order valence-electron chi connectivity index (χ1n) is 10.2. The van der Waals surface area contributed by atoms with Gasteiger partial charge >= 0.3 is 0 Å². The molecular weight excluding hydrogens is 354 g/mol. The van der Waals surface area contributed by atoms with Crippen LogP contribution in [-0.4, -0.2) is 45.6 Å². The van der Waals surface area contributed by atoms with Gasteiger partial charge < -0.3 is 9.64 Å². The van der Waals surface area contributed by atoms with Gasteiger partial charge in [-0.2, -0.15) is 5.10 Å². The molecule has 3 heterocycles. The molecule has 0 N–H and O–H groups in total. The summed E-state index contributed by atoms with van der Waals surface area (Å²) >= 11 is 0. The van der Waals surface area contributed by atoms with Gasteiger partial charge in [-0.05, 0) is 19.8 Å². The van der Waals surface area contributed by atoms with E-state index >= 15 is 0 Å². The van der Waals surface area contributed by atoms with E-state index in [4.69, 9.17) is 4.74 Å². The smallest absolute Gasteiger partial charge is 0.275 e. The van der Waals surface area contributed by atoms with Gasteiger partial charge in [0.05, 0.1) is 6.61 Å². The van der Waals surface area contributed by atoms with E-state index in [0.717, 1.165) is 44.2 Å². The standard InChI is InChI=1S/C22H27N3O3/c1-16-20(23-25-13-8-14-28-22(16)25)21(27)24-12-7-3-6-11-18(24)15-19(26)17-9-4-2-5-10-17/h2,4-5,9-10,18H,3,6-8,11-15H2,1H3/t18-/m1/s1. The van der Waals surface area contributed by atoms with Crippen molar-refractivity contribution >= 4 is 11.7 Å². The Morgan fingerprint density at radius 3 is 2.71 bits per heavy atom. The molecule has 0 aliphatic carbocycles. The summed E-state index contributed by atoms with van der Waals surface area (Å²) in [4.78, 5) is 28.1. The van der Waals surface area contributed by atoms with Crippen LogP contribution in [0.1, 0.15) is 64.9 Å². The van der Waals surface area contributed by atoms with Gasteiger partial charge in [0.2, 0.25) is 5.88 Å². The molecular formula is C22H27N3O3. The van der Waals surface area contributed by atoms with E-state index in [1.54, 1.807) is 4.68 Å². The molecule has 2 aliphatic heterocycles. The lowest BCUT2D eigenvalue weighted by Crippen LogP contribution is -2.41. The van der Waals surface area contributed by atoms with Gasteiger partial charge in [-0.3, -0.25) is 9.59 Å². The molecule has 1 aromatic carbocycles. The quantitative estimate of drug-likeness (QED) is 0.759. The van der Waals surface area contributed by atoms with Gasteiger partial charge in [0.25, 0.3) is 5.91 Å². The van der Waals surface area contributed by atoms with Crippen molar-refractivity contribution in [3.05, 3.63) is 47.2 Å². The zero-order valence-electron chi connectivity index (χ0n) is 16.4. The fraction of sp³-hybridized carbons (Fsp3) is 0.500. The van der Waals surface area contributed by atoms with Crippen molar-refractivity contribution in [3.63, 3.8) is 0 Å². The molecule has 2 aliphatic rings. The third-order valence-corrected chi connectivity index (χ3v) is 5.74. The van der Waals surface area contributed by atoms with Crippen LogP contribution in [0, 0.1) is 6.92 Å². The summed E-state index contributed by atoms with van der Waals surface area (Å²) in [5.41, 5.74) is 1.99. The number of fused-ring (bicyclic) bond motifs is 1. The molecule has 0 unspecified atom stereocenters. The topological polar surface area (TPSA) is 64.4 Å². The molecule has 6 nitrogen and oxygen atoms in total. The Balaban J connectivity index is 1.57. The number of carbonyl (C=O) groups excluding carboxylic acids is 2.